The van der Waals surface area contributed by atoms with E-state index in [0.717, 1.165) is 32.5 Å². The van der Waals surface area contributed by atoms with Crippen molar-refractivity contribution in [3.05, 3.63) is 35.5 Å². The van der Waals surface area contributed by atoms with E-state index >= 15 is 0 Å². The molecule has 5 heteroatoms. The Morgan fingerprint density at radius 1 is 1.48 bits per heavy atom. The van der Waals surface area contributed by atoms with E-state index in [1.807, 2.05) is 6.92 Å². The predicted octanol–water partition coefficient (Wildman–Crippen LogP) is 2.84. The van der Waals surface area contributed by atoms with Crippen molar-refractivity contribution in [3.63, 3.8) is 0 Å². The summed E-state index contributed by atoms with van der Waals surface area (Å²) in [5, 5.41) is 4.87. The standard InChI is InChI=1S/C18H25N3O2/c1-3-23-18(22)21-10-8-15(12-21)19-9-7-14-11-20-17-13(2)5-4-6-16(14)17/h4-6,11,15,19-20H,3,7-10,12H2,1-2H3/t15-/m0/s1. The lowest BCUT2D eigenvalue weighted by molar-refractivity contribution is 0.115. The normalized spacial score (nSPS) is 17.8. The molecule has 2 heterocycles. The van der Waals surface area contributed by atoms with Gasteiger partial charge in [0.2, 0.25) is 0 Å². The monoisotopic (exact) mass is 315 g/mol. The maximum atomic E-state index is 11.7. The van der Waals surface area contributed by atoms with Crippen LogP contribution in [-0.2, 0) is 11.2 Å². The SMILES string of the molecule is CCOC(=O)N1CC[C@H](NCCc2c[nH]c3c(C)cccc23)C1. The van der Waals surface area contributed by atoms with Crippen molar-refractivity contribution >= 4 is 17.0 Å². The van der Waals surface area contributed by atoms with E-state index in [1.54, 1.807) is 4.90 Å². The van der Waals surface area contributed by atoms with E-state index in [9.17, 15) is 4.79 Å². The van der Waals surface area contributed by atoms with Gasteiger partial charge in [-0.25, -0.2) is 4.79 Å². The van der Waals surface area contributed by atoms with E-state index in [4.69, 9.17) is 4.74 Å². The van der Waals surface area contributed by atoms with Crippen LogP contribution in [0, 0.1) is 6.92 Å². The summed E-state index contributed by atoms with van der Waals surface area (Å²) in [5.74, 6) is 0. The number of para-hydroxylation sites is 1. The number of carbonyl (C=O) groups is 1. The van der Waals surface area contributed by atoms with Crippen molar-refractivity contribution in [3.8, 4) is 0 Å². The number of carbonyl (C=O) groups excluding carboxylic acids is 1. The molecule has 3 rings (SSSR count). The first kappa shape index (κ1) is 15.9. The van der Waals surface area contributed by atoms with Gasteiger partial charge < -0.3 is 19.9 Å². The minimum absolute atomic E-state index is 0.191. The number of hydrogen-bond acceptors (Lipinski definition) is 3. The number of hydrogen-bond donors (Lipinski definition) is 2. The second kappa shape index (κ2) is 7.04. The molecule has 0 aliphatic carbocycles. The Morgan fingerprint density at radius 2 is 2.35 bits per heavy atom. The highest BCUT2D eigenvalue weighted by Gasteiger charge is 2.26. The molecule has 1 saturated heterocycles. The molecule has 5 nitrogen and oxygen atoms in total. The highest BCUT2D eigenvalue weighted by atomic mass is 16.6. The van der Waals surface area contributed by atoms with Gasteiger partial charge in [-0.1, -0.05) is 18.2 Å². The van der Waals surface area contributed by atoms with E-state index < -0.39 is 0 Å². The molecule has 2 aromatic rings. The molecule has 1 amide bonds. The fourth-order valence-electron chi connectivity index (χ4n) is 3.29. The van der Waals surface area contributed by atoms with Crippen LogP contribution in [0.2, 0.25) is 0 Å². The molecule has 2 N–H and O–H groups in total. The summed E-state index contributed by atoms with van der Waals surface area (Å²) in [6, 6.07) is 6.78. The zero-order valence-electron chi connectivity index (χ0n) is 13.9. The van der Waals surface area contributed by atoms with Gasteiger partial charge in [-0.05, 0) is 44.4 Å². The fourth-order valence-corrected chi connectivity index (χ4v) is 3.29. The smallest absolute Gasteiger partial charge is 0.409 e. The zero-order valence-corrected chi connectivity index (χ0v) is 13.9. The molecule has 0 bridgehead atoms. The van der Waals surface area contributed by atoms with Gasteiger partial charge in [0.05, 0.1) is 6.61 Å². The number of benzene rings is 1. The number of ether oxygens (including phenoxy) is 1. The molecule has 23 heavy (non-hydrogen) atoms. The number of aromatic amines is 1. The van der Waals surface area contributed by atoms with Crippen molar-refractivity contribution in [1.82, 2.24) is 15.2 Å². The molecule has 1 aromatic heterocycles. The van der Waals surface area contributed by atoms with E-state index in [1.165, 1.54) is 22.0 Å². The second-order valence-corrected chi connectivity index (χ2v) is 6.15. The number of H-pyrrole nitrogens is 1. The fraction of sp³-hybridized carbons (Fsp3) is 0.500. The molecular weight excluding hydrogens is 290 g/mol. The second-order valence-electron chi connectivity index (χ2n) is 6.15. The van der Waals surface area contributed by atoms with Crippen LogP contribution in [0.3, 0.4) is 0 Å². The van der Waals surface area contributed by atoms with Gasteiger partial charge in [0.1, 0.15) is 0 Å². The first-order chi connectivity index (χ1) is 11.2. The Labute approximate surface area is 137 Å². The van der Waals surface area contributed by atoms with Gasteiger partial charge >= 0.3 is 6.09 Å². The largest absolute Gasteiger partial charge is 0.450 e. The number of fused-ring (bicyclic) bond motifs is 1. The molecule has 1 fully saturated rings. The summed E-state index contributed by atoms with van der Waals surface area (Å²) >= 11 is 0. The van der Waals surface area contributed by atoms with Gasteiger partial charge in [0, 0.05) is 36.2 Å². The molecular formula is C18H25N3O2. The molecule has 0 radical (unpaired) electrons. The van der Waals surface area contributed by atoms with Crippen LogP contribution >= 0.6 is 0 Å². The first-order valence-corrected chi connectivity index (χ1v) is 8.39. The van der Waals surface area contributed by atoms with Crippen molar-refractivity contribution in [2.45, 2.75) is 32.7 Å². The van der Waals surface area contributed by atoms with Gasteiger partial charge in [-0.2, -0.15) is 0 Å². The predicted molar refractivity (Wildman–Crippen MR) is 91.7 cm³/mol. The number of amides is 1. The van der Waals surface area contributed by atoms with Crippen LogP contribution in [0.1, 0.15) is 24.5 Å². The topological polar surface area (TPSA) is 57.4 Å². The average Bonchev–Trinajstić information content (AvgIpc) is 3.16. The third kappa shape index (κ3) is 3.50. The van der Waals surface area contributed by atoms with Gasteiger partial charge in [-0.3, -0.25) is 0 Å². The van der Waals surface area contributed by atoms with E-state index in [2.05, 4.69) is 41.6 Å². The van der Waals surface area contributed by atoms with Crippen molar-refractivity contribution in [1.29, 1.82) is 0 Å². The highest BCUT2D eigenvalue weighted by molar-refractivity contribution is 5.85. The van der Waals surface area contributed by atoms with Crippen LogP contribution in [0.5, 0.6) is 0 Å². The molecule has 0 unspecified atom stereocenters. The van der Waals surface area contributed by atoms with Gasteiger partial charge in [-0.15, -0.1) is 0 Å². The number of nitrogens with one attached hydrogen (secondary N) is 2. The maximum Gasteiger partial charge on any atom is 0.409 e. The number of aromatic nitrogens is 1. The third-order valence-electron chi connectivity index (χ3n) is 4.55. The van der Waals surface area contributed by atoms with Gasteiger partial charge in [0.15, 0.2) is 0 Å². The maximum absolute atomic E-state index is 11.7. The lowest BCUT2D eigenvalue weighted by Crippen LogP contribution is -2.36. The zero-order chi connectivity index (χ0) is 16.2. The Hall–Kier alpha value is -2.01. The minimum atomic E-state index is -0.191. The summed E-state index contributed by atoms with van der Waals surface area (Å²) in [5.41, 5.74) is 3.86. The lowest BCUT2D eigenvalue weighted by atomic mass is 10.1. The Morgan fingerprint density at radius 3 is 3.17 bits per heavy atom. The number of nitrogens with zero attached hydrogens (tertiary/aromatic N) is 1. The molecule has 1 atom stereocenters. The lowest BCUT2D eigenvalue weighted by Gasteiger charge is -2.16. The molecule has 1 aliphatic heterocycles. The highest BCUT2D eigenvalue weighted by Crippen LogP contribution is 2.21. The van der Waals surface area contributed by atoms with E-state index in [0.29, 0.717) is 12.6 Å². The average molecular weight is 315 g/mol. The summed E-state index contributed by atoms with van der Waals surface area (Å²) < 4.78 is 5.05. The van der Waals surface area contributed by atoms with E-state index in [-0.39, 0.29) is 6.09 Å². The van der Waals surface area contributed by atoms with Crippen molar-refractivity contribution in [2.24, 2.45) is 0 Å². The van der Waals surface area contributed by atoms with Crippen LogP contribution in [0.15, 0.2) is 24.4 Å². The Kier molecular flexibility index (Phi) is 4.86. The van der Waals surface area contributed by atoms with Crippen molar-refractivity contribution in [2.75, 3.05) is 26.2 Å². The van der Waals surface area contributed by atoms with Crippen LogP contribution in [0.4, 0.5) is 4.79 Å². The summed E-state index contributed by atoms with van der Waals surface area (Å²) in [6.45, 7) is 6.85. The van der Waals surface area contributed by atoms with Crippen LogP contribution < -0.4 is 5.32 Å². The molecule has 1 aliphatic rings. The molecule has 0 saturated carbocycles. The third-order valence-corrected chi connectivity index (χ3v) is 4.55. The van der Waals surface area contributed by atoms with Gasteiger partial charge in [0.25, 0.3) is 0 Å². The number of rotatable bonds is 5. The molecule has 124 valence electrons. The number of aryl methyl sites for hydroxylation is 1. The quantitative estimate of drug-likeness (QED) is 0.892. The summed E-state index contributed by atoms with van der Waals surface area (Å²) in [4.78, 5) is 16.9. The Bertz CT molecular complexity index is 680. The van der Waals surface area contributed by atoms with Crippen molar-refractivity contribution < 1.29 is 9.53 Å². The number of likely N-dealkylation sites (tertiary alicyclic amines) is 1. The molecule has 0 spiro atoms. The van der Waals surface area contributed by atoms with Crippen LogP contribution in [0.25, 0.3) is 10.9 Å². The summed E-state index contributed by atoms with van der Waals surface area (Å²) in [6.07, 6.45) is 3.90. The Balaban J connectivity index is 1.50. The summed E-state index contributed by atoms with van der Waals surface area (Å²) in [7, 11) is 0. The first-order valence-electron chi connectivity index (χ1n) is 8.39. The van der Waals surface area contributed by atoms with Crippen LogP contribution in [-0.4, -0.2) is 48.3 Å². The minimum Gasteiger partial charge on any atom is -0.450 e. The molecule has 1 aromatic carbocycles.